The van der Waals surface area contributed by atoms with E-state index in [1.165, 1.54) is 40.4 Å². The van der Waals surface area contributed by atoms with E-state index in [9.17, 15) is 41.0 Å². The van der Waals surface area contributed by atoms with E-state index < -0.39 is 54.3 Å². The highest BCUT2D eigenvalue weighted by molar-refractivity contribution is 6.34. The van der Waals surface area contributed by atoms with Gasteiger partial charge in [0.1, 0.15) is 36.8 Å². The van der Waals surface area contributed by atoms with E-state index in [1.807, 2.05) is 18.7 Å². The molecule has 3 fully saturated rings. The lowest BCUT2D eigenvalue weighted by molar-refractivity contribution is -0.142. The van der Waals surface area contributed by atoms with E-state index >= 15 is 0 Å². The number of pyridine rings is 6. The largest absolute Gasteiger partial charge is 0.475 e. The van der Waals surface area contributed by atoms with Gasteiger partial charge in [0.2, 0.25) is 11.8 Å². The van der Waals surface area contributed by atoms with Crippen LogP contribution in [0.5, 0.6) is 11.8 Å². The molecule has 0 unspecified atom stereocenters. The van der Waals surface area contributed by atoms with E-state index in [1.54, 1.807) is 30.3 Å². The monoisotopic (exact) mass is 1140 g/mol. The summed E-state index contributed by atoms with van der Waals surface area (Å²) in [5, 5.41) is 24.4. The average molecular weight is 1140 g/mol. The zero-order valence-corrected chi connectivity index (χ0v) is 43.3. The topological polar surface area (TPSA) is 226 Å². The van der Waals surface area contributed by atoms with E-state index in [0.717, 1.165) is 24.5 Å². The summed E-state index contributed by atoms with van der Waals surface area (Å²) in [6, 6.07) is 12.7. The van der Waals surface area contributed by atoms with Crippen LogP contribution >= 0.6 is 23.2 Å². The molecule has 4 amide bonds. The molecule has 20 nitrogen and oxygen atoms in total. The van der Waals surface area contributed by atoms with Crippen LogP contribution in [0.2, 0.25) is 10.0 Å². The van der Waals surface area contributed by atoms with Crippen LogP contribution in [-0.4, -0.2) is 135 Å². The Morgan fingerprint density at radius 1 is 0.722 bits per heavy atom. The second-order valence-electron chi connectivity index (χ2n) is 19.2. The standard InChI is InChI=1S/C27H26ClF3N6O4.C24H22ClF3N6O4/c1-26(2)40-14-18(41-26)13-39-22-10-16(4-7-33-22)34-25(38)37-17-5-8-36(12-17)20-11-19(28)23(35-24(20)37)15-3-6-32-21(9-15)27(29,30)31;25-17-9-18-22(32-21(17)13-1-4-29-19(7-13)24(26,27)28)34(15-3-6-33(18)10-15)23(37)31-14-2-5-30-20(8-14)38-12-16(36)11-35/h3-4,6-7,9-11,17-18H,5,8,12-14H2,1-2H3,(H,33,34,38);1-2,4-5,7-9,15-16,35-36H,3,6,10-12H2,(H,30,31,37)/t17-,18+;15-,16-/m00/s1. The highest BCUT2D eigenvalue weighted by atomic mass is 35.5. The molecule has 0 saturated carbocycles. The quantitative estimate of drug-likeness (QED) is 0.0888. The molecule has 0 radical (unpaired) electrons. The van der Waals surface area contributed by atoms with Gasteiger partial charge >= 0.3 is 24.4 Å². The van der Waals surface area contributed by atoms with Crippen molar-refractivity contribution in [3.8, 4) is 34.3 Å². The number of aromatic nitrogens is 6. The van der Waals surface area contributed by atoms with Gasteiger partial charge in [0.25, 0.3) is 0 Å². The van der Waals surface area contributed by atoms with Crippen molar-refractivity contribution >= 4 is 69.6 Å². The lowest BCUT2D eigenvalue weighted by atomic mass is 10.1. The Hall–Kier alpha value is -7.36. The summed E-state index contributed by atoms with van der Waals surface area (Å²) in [5.74, 6) is 0.345. The summed E-state index contributed by atoms with van der Waals surface area (Å²) in [4.78, 5) is 58.5. The van der Waals surface area contributed by atoms with Gasteiger partial charge in [-0.15, -0.1) is 0 Å². The molecule has 6 aromatic rings. The Morgan fingerprint density at radius 3 is 1.63 bits per heavy atom. The summed E-state index contributed by atoms with van der Waals surface area (Å²) in [5.41, 5.74) is 0.390. The summed E-state index contributed by atoms with van der Waals surface area (Å²) in [7, 11) is 0. The van der Waals surface area contributed by atoms with Crippen LogP contribution in [0, 0.1) is 0 Å². The third kappa shape index (κ3) is 12.1. The number of ether oxygens (including phenoxy) is 4. The van der Waals surface area contributed by atoms with Gasteiger partial charge in [-0.25, -0.2) is 29.5 Å². The molecule has 0 aliphatic carbocycles. The highest BCUT2D eigenvalue weighted by Crippen LogP contribution is 2.46. The first kappa shape index (κ1) is 55.0. The van der Waals surface area contributed by atoms with Crippen LogP contribution in [0.15, 0.2) is 85.5 Å². The fourth-order valence-corrected chi connectivity index (χ4v) is 10.1. The van der Waals surface area contributed by atoms with Gasteiger partial charge in [-0.05, 0) is 75.2 Å². The number of urea groups is 2. The first-order valence-electron chi connectivity index (χ1n) is 24.6. The molecule has 4 atom stereocenters. The number of aliphatic hydroxyl groups is 2. The molecule has 0 aromatic carbocycles. The fourth-order valence-electron chi connectivity index (χ4n) is 9.60. The lowest BCUT2D eigenvalue weighted by Crippen LogP contribution is -2.48. The number of fused-ring (bicyclic) bond motifs is 8. The van der Waals surface area contributed by atoms with E-state index in [2.05, 4.69) is 45.4 Å². The third-order valence-corrected chi connectivity index (χ3v) is 13.8. The number of alkyl halides is 6. The van der Waals surface area contributed by atoms with Gasteiger partial charge in [0.05, 0.1) is 58.1 Å². The number of nitrogens with one attached hydrogen (secondary N) is 2. The van der Waals surface area contributed by atoms with Crippen molar-refractivity contribution in [2.24, 2.45) is 0 Å². The smallest absolute Gasteiger partial charge is 0.433 e. The predicted octanol–water partition coefficient (Wildman–Crippen LogP) is 8.95. The minimum absolute atomic E-state index is 0.0978. The maximum absolute atomic E-state index is 13.7. The SMILES string of the molecule is CC1(C)OC[C@@H](COc2cc(NC(=O)N3c4nc(-c5ccnc(C(F)(F)F)c5)c(Cl)cc4N4CC[C@H]3C4)ccn2)O1.O=C(Nc1ccnc(OC[C@@H](O)CO)c1)N1c2nc(-c3ccnc(C(F)(F)F)c3)c(Cl)cc2N2CC[C@H]1C2. The van der Waals surface area contributed by atoms with Crippen molar-refractivity contribution in [1.82, 2.24) is 29.9 Å². The van der Waals surface area contributed by atoms with Crippen LogP contribution in [0.25, 0.3) is 22.5 Å². The van der Waals surface area contributed by atoms with E-state index in [4.69, 9.17) is 47.3 Å². The van der Waals surface area contributed by atoms with Crippen LogP contribution in [0.4, 0.5) is 70.3 Å². The molecule has 11 rings (SSSR count). The Labute approximate surface area is 456 Å². The maximum Gasteiger partial charge on any atom is 0.433 e. The van der Waals surface area contributed by atoms with E-state index in [0.29, 0.717) is 80.1 Å². The number of halogens is 8. The Balaban J connectivity index is 0.000000179. The number of carbonyl (C=O) groups excluding carboxylic acids is 2. The lowest BCUT2D eigenvalue weighted by Gasteiger charge is -2.36. The number of nitrogens with zero attached hydrogens (tertiary/aromatic N) is 10. The fraction of sp³-hybridized carbons (Fsp3) is 0.373. The molecule has 11 heterocycles. The normalized spacial score (nSPS) is 19.3. The van der Waals surface area contributed by atoms with Crippen molar-refractivity contribution in [3.63, 3.8) is 0 Å². The molecule has 416 valence electrons. The van der Waals surface area contributed by atoms with Gasteiger partial charge in [-0.3, -0.25) is 19.8 Å². The minimum atomic E-state index is -4.64. The van der Waals surface area contributed by atoms with Gasteiger partial charge < -0.3 is 49.6 Å². The molecule has 28 heteroatoms. The number of hydrogen-bond acceptors (Lipinski definition) is 16. The van der Waals surface area contributed by atoms with Crippen molar-refractivity contribution in [3.05, 3.63) is 107 Å². The molecule has 5 aliphatic rings. The van der Waals surface area contributed by atoms with Gasteiger partial charge in [0, 0.05) is 85.6 Å². The predicted molar refractivity (Wildman–Crippen MR) is 277 cm³/mol. The summed E-state index contributed by atoms with van der Waals surface area (Å²) >= 11 is 13.0. The number of aliphatic hydroxyl groups excluding tert-OH is 2. The number of anilines is 6. The first-order valence-corrected chi connectivity index (χ1v) is 25.3. The van der Waals surface area contributed by atoms with Crippen molar-refractivity contribution in [1.29, 1.82) is 0 Å². The number of hydrogen-bond donors (Lipinski definition) is 4. The minimum Gasteiger partial charge on any atom is -0.475 e. The molecule has 4 N–H and O–H groups in total. The molecule has 4 bridgehead atoms. The molecule has 79 heavy (non-hydrogen) atoms. The summed E-state index contributed by atoms with van der Waals surface area (Å²) in [6.45, 7) is 6.09. The van der Waals surface area contributed by atoms with Gasteiger partial charge in [-0.2, -0.15) is 26.3 Å². The van der Waals surface area contributed by atoms with E-state index in [-0.39, 0.29) is 75.7 Å². The summed E-state index contributed by atoms with van der Waals surface area (Å²) in [6.07, 6.45) is -4.23. The average Bonchev–Trinajstić information content (AvgIpc) is 4.33. The zero-order valence-electron chi connectivity index (χ0n) is 41.8. The maximum atomic E-state index is 13.7. The van der Waals surface area contributed by atoms with Crippen LogP contribution < -0.4 is 39.7 Å². The van der Waals surface area contributed by atoms with Crippen molar-refractivity contribution in [2.75, 3.05) is 82.8 Å². The van der Waals surface area contributed by atoms with Crippen LogP contribution in [0.1, 0.15) is 38.1 Å². The van der Waals surface area contributed by atoms with Gasteiger partial charge in [-0.1, -0.05) is 23.2 Å². The molecular formula is C51H48Cl2F6N12O8. The summed E-state index contributed by atoms with van der Waals surface area (Å²) < 4.78 is 102. The molecule has 6 aromatic heterocycles. The Bertz CT molecular complexity index is 3280. The zero-order chi connectivity index (χ0) is 56.0. The molecule has 3 saturated heterocycles. The highest BCUT2D eigenvalue weighted by Gasteiger charge is 2.43. The Kier molecular flexibility index (Phi) is 15.3. The van der Waals surface area contributed by atoms with Crippen molar-refractivity contribution in [2.45, 2.75) is 69.1 Å². The number of amides is 4. The second kappa shape index (κ2) is 22.1. The Morgan fingerprint density at radius 2 is 1.19 bits per heavy atom. The number of rotatable bonds is 11. The van der Waals surface area contributed by atoms with Crippen molar-refractivity contribution < 1.29 is 65.1 Å². The molecule has 5 aliphatic heterocycles. The second-order valence-corrected chi connectivity index (χ2v) is 20.0. The molecular weight excluding hydrogens is 1090 g/mol. The van der Waals surface area contributed by atoms with Gasteiger partial charge in [0.15, 0.2) is 17.4 Å². The van der Waals surface area contributed by atoms with Crippen LogP contribution in [-0.2, 0) is 21.8 Å². The molecule has 0 spiro atoms. The number of carbonyl (C=O) groups is 2. The first-order chi connectivity index (χ1) is 37.6. The van der Waals surface area contributed by atoms with Crippen LogP contribution in [0.3, 0.4) is 0 Å². The third-order valence-electron chi connectivity index (χ3n) is 13.2.